The van der Waals surface area contributed by atoms with E-state index in [9.17, 15) is 0 Å². The highest BCUT2D eigenvalue weighted by atomic mass is 79.9. The number of fused-ring (bicyclic) bond motifs is 1. The number of ether oxygens (including phenoxy) is 1. The summed E-state index contributed by atoms with van der Waals surface area (Å²) in [5.41, 5.74) is 2.48. The third kappa shape index (κ3) is 3.40. The summed E-state index contributed by atoms with van der Waals surface area (Å²) in [6.45, 7) is 6.07. The van der Waals surface area contributed by atoms with Gasteiger partial charge in [-0.05, 0) is 30.7 Å². The van der Waals surface area contributed by atoms with E-state index in [0.717, 1.165) is 55.2 Å². The van der Waals surface area contributed by atoms with Crippen molar-refractivity contribution in [3.8, 4) is 5.75 Å². The second-order valence-corrected chi connectivity index (χ2v) is 5.85. The van der Waals surface area contributed by atoms with Gasteiger partial charge in [-0.3, -0.25) is 4.90 Å². The van der Waals surface area contributed by atoms with Gasteiger partial charge in [-0.25, -0.2) is 0 Å². The molecule has 0 N–H and O–H groups in total. The van der Waals surface area contributed by atoms with Crippen molar-refractivity contribution >= 4 is 27.5 Å². The third-order valence-corrected chi connectivity index (χ3v) is 3.73. The van der Waals surface area contributed by atoms with Gasteiger partial charge in [0.25, 0.3) is 0 Å². The highest BCUT2D eigenvalue weighted by Crippen LogP contribution is 2.33. The average Bonchev–Trinajstić information content (AvgIpc) is 2.77. The molecule has 0 unspecified atom stereocenters. The molecule has 0 saturated carbocycles. The maximum absolute atomic E-state index is 6.18. The van der Waals surface area contributed by atoms with Gasteiger partial charge in [0.05, 0.1) is 6.61 Å². The van der Waals surface area contributed by atoms with Crippen LogP contribution in [0.15, 0.2) is 12.1 Å². The number of alkyl halides is 1. The molecule has 0 spiro atoms. The summed E-state index contributed by atoms with van der Waals surface area (Å²) in [5.74, 6) is 1.06. The van der Waals surface area contributed by atoms with Crippen LogP contribution in [-0.2, 0) is 13.0 Å². The SMILES string of the molecule is CCCN(CCBr)Cc1cc(Cl)cc2c1OCC2. The zero-order chi connectivity index (χ0) is 13.0. The highest BCUT2D eigenvalue weighted by molar-refractivity contribution is 9.09. The first kappa shape index (κ1) is 14.2. The van der Waals surface area contributed by atoms with Gasteiger partial charge in [-0.15, -0.1) is 0 Å². The van der Waals surface area contributed by atoms with Crippen LogP contribution in [0.3, 0.4) is 0 Å². The minimum atomic E-state index is 0.787. The molecule has 1 aromatic rings. The lowest BCUT2D eigenvalue weighted by Crippen LogP contribution is -2.26. The van der Waals surface area contributed by atoms with Crippen molar-refractivity contribution in [3.05, 3.63) is 28.3 Å². The zero-order valence-corrected chi connectivity index (χ0v) is 13.1. The van der Waals surface area contributed by atoms with E-state index in [1.54, 1.807) is 0 Å². The predicted octanol–water partition coefficient (Wildman–Crippen LogP) is 3.88. The van der Waals surface area contributed by atoms with E-state index in [1.165, 1.54) is 11.1 Å². The fourth-order valence-corrected chi connectivity index (χ4v) is 3.17. The van der Waals surface area contributed by atoms with Crippen molar-refractivity contribution in [1.82, 2.24) is 4.90 Å². The van der Waals surface area contributed by atoms with Crippen LogP contribution < -0.4 is 4.74 Å². The number of hydrogen-bond donors (Lipinski definition) is 0. The fourth-order valence-electron chi connectivity index (χ4n) is 2.41. The normalized spacial score (nSPS) is 13.8. The molecule has 2 nitrogen and oxygen atoms in total. The number of hydrogen-bond acceptors (Lipinski definition) is 2. The topological polar surface area (TPSA) is 12.5 Å². The van der Waals surface area contributed by atoms with Gasteiger partial charge in [0.15, 0.2) is 0 Å². The molecule has 1 heterocycles. The van der Waals surface area contributed by atoms with E-state index >= 15 is 0 Å². The molecule has 100 valence electrons. The molecule has 18 heavy (non-hydrogen) atoms. The Hall–Kier alpha value is -0.250. The average molecular weight is 333 g/mol. The molecular formula is C14H19BrClNO. The Morgan fingerprint density at radius 2 is 2.22 bits per heavy atom. The third-order valence-electron chi connectivity index (χ3n) is 3.16. The Kier molecular flexibility index (Phi) is 5.34. The minimum absolute atomic E-state index is 0.787. The quantitative estimate of drug-likeness (QED) is 0.733. The van der Waals surface area contributed by atoms with Crippen molar-refractivity contribution < 1.29 is 4.74 Å². The lowest BCUT2D eigenvalue weighted by atomic mass is 10.1. The van der Waals surface area contributed by atoms with Gasteiger partial charge in [-0.1, -0.05) is 34.5 Å². The van der Waals surface area contributed by atoms with Gasteiger partial charge in [-0.2, -0.15) is 0 Å². The molecule has 1 aliphatic rings. The lowest BCUT2D eigenvalue weighted by Gasteiger charge is -2.22. The van der Waals surface area contributed by atoms with Crippen molar-refractivity contribution in [3.63, 3.8) is 0 Å². The summed E-state index contributed by atoms with van der Waals surface area (Å²) in [6, 6.07) is 4.07. The number of benzene rings is 1. The van der Waals surface area contributed by atoms with Gasteiger partial charge in [0, 0.05) is 35.4 Å². The Morgan fingerprint density at radius 3 is 2.94 bits per heavy atom. The van der Waals surface area contributed by atoms with Crippen LogP contribution in [0.5, 0.6) is 5.75 Å². The summed E-state index contributed by atoms with van der Waals surface area (Å²) in [4.78, 5) is 2.43. The minimum Gasteiger partial charge on any atom is -0.493 e. The van der Waals surface area contributed by atoms with E-state index in [0.29, 0.717) is 0 Å². The van der Waals surface area contributed by atoms with E-state index < -0.39 is 0 Å². The molecule has 1 aliphatic heterocycles. The Balaban J connectivity index is 2.17. The van der Waals surface area contributed by atoms with Crippen LogP contribution >= 0.6 is 27.5 Å². The first-order valence-corrected chi connectivity index (χ1v) is 7.97. The smallest absolute Gasteiger partial charge is 0.127 e. The highest BCUT2D eigenvalue weighted by Gasteiger charge is 2.18. The van der Waals surface area contributed by atoms with Gasteiger partial charge >= 0.3 is 0 Å². The van der Waals surface area contributed by atoms with Crippen molar-refractivity contribution in [2.45, 2.75) is 26.3 Å². The van der Waals surface area contributed by atoms with Crippen LogP contribution in [0.25, 0.3) is 0 Å². The molecule has 0 saturated heterocycles. The van der Waals surface area contributed by atoms with Crippen LogP contribution in [-0.4, -0.2) is 29.9 Å². The summed E-state index contributed by atoms with van der Waals surface area (Å²) < 4.78 is 5.74. The van der Waals surface area contributed by atoms with Crippen LogP contribution in [0.1, 0.15) is 24.5 Å². The molecule has 0 bridgehead atoms. The zero-order valence-electron chi connectivity index (χ0n) is 10.7. The van der Waals surface area contributed by atoms with Crippen molar-refractivity contribution in [1.29, 1.82) is 0 Å². The molecule has 0 aromatic heterocycles. The standard InChI is InChI=1S/C14H19BrClNO/c1-2-5-17(6-4-15)10-12-9-13(16)8-11-3-7-18-14(11)12/h8-9H,2-7,10H2,1H3. The number of rotatable bonds is 6. The molecule has 0 aliphatic carbocycles. The summed E-state index contributed by atoms with van der Waals surface area (Å²) in [5, 5.41) is 1.82. The number of halogens is 2. The Bertz CT molecular complexity index is 405. The second kappa shape index (κ2) is 6.78. The summed E-state index contributed by atoms with van der Waals surface area (Å²) >= 11 is 9.69. The maximum atomic E-state index is 6.18. The molecule has 0 radical (unpaired) electrons. The van der Waals surface area contributed by atoms with E-state index in [4.69, 9.17) is 16.3 Å². The second-order valence-electron chi connectivity index (χ2n) is 4.62. The molecule has 0 amide bonds. The maximum Gasteiger partial charge on any atom is 0.127 e. The van der Waals surface area contributed by atoms with Crippen molar-refractivity contribution in [2.75, 3.05) is 25.0 Å². The monoisotopic (exact) mass is 331 g/mol. The van der Waals surface area contributed by atoms with E-state index in [-0.39, 0.29) is 0 Å². The predicted molar refractivity (Wildman–Crippen MR) is 80.0 cm³/mol. The van der Waals surface area contributed by atoms with E-state index in [1.807, 2.05) is 12.1 Å². The van der Waals surface area contributed by atoms with Gasteiger partial charge in [0.2, 0.25) is 0 Å². The van der Waals surface area contributed by atoms with Crippen LogP contribution in [0.2, 0.25) is 5.02 Å². The molecule has 0 fully saturated rings. The molecule has 0 atom stereocenters. The summed E-state index contributed by atoms with van der Waals surface area (Å²) in [6.07, 6.45) is 2.14. The van der Waals surface area contributed by atoms with Gasteiger partial charge in [0.1, 0.15) is 5.75 Å². The Labute approximate surface area is 122 Å². The molecule has 2 rings (SSSR count). The fraction of sp³-hybridized carbons (Fsp3) is 0.571. The largest absolute Gasteiger partial charge is 0.493 e. The lowest BCUT2D eigenvalue weighted by molar-refractivity contribution is 0.275. The molecule has 1 aromatic carbocycles. The van der Waals surface area contributed by atoms with Crippen LogP contribution in [0, 0.1) is 0 Å². The summed E-state index contributed by atoms with van der Waals surface area (Å²) in [7, 11) is 0. The molecular weight excluding hydrogens is 314 g/mol. The van der Waals surface area contributed by atoms with E-state index in [2.05, 4.69) is 27.8 Å². The van der Waals surface area contributed by atoms with Gasteiger partial charge < -0.3 is 4.74 Å². The number of nitrogens with zero attached hydrogens (tertiary/aromatic N) is 1. The first-order valence-electron chi connectivity index (χ1n) is 6.47. The Morgan fingerprint density at radius 1 is 1.39 bits per heavy atom. The first-order chi connectivity index (χ1) is 8.74. The molecule has 4 heteroatoms. The van der Waals surface area contributed by atoms with Crippen LogP contribution in [0.4, 0.5) is 0 Å². The van der Waals surface area contributed by atoms with Crippen molar-refractivity contribution in [2.24, 2.45) is 0 Å².